The third-order valence-corrected chi connectivity index (χ3v) is 5.84. The van der Waals surface area contributed by atoms with E-state index < -0.39 is 0 Å². The fraction of sp³-hybridized carbons (Fsp3) is 1.00. The van der Waals surface area contributed by atoms with Crippen LogP contribution in [0, 0.1) is 29.6 Å². The van der Waals surface area contributed by atoms with Crippen molar-refractivity contribution >= 4 is 0 Å². The fourth-order valence-corrected chi connectivity index (χ4v) is 4.97. The molecule has 4 aliphatic carbocycles. The van der Waals surface area contributed by atoms with Gasteiger partial charge in [-0.3, -0.25) is 0 Å². The number of nitrogens with one attached hydrogen (secondary N) is 1. The number of rotatable bonds is 3. The molecule has 4 saturated carbocycles. The van der Waals surface area contributed by atoms with E-state index in [0.29, 0.717) is 0 Å². The largest absolute Gasteiger partial charge is 0.313 e. The van der Waals surface area contributed by atoms with Crippen molar-refractivity contribution in [3.63, 3.8) is 0 Å². The normalized spacial score (nSPS) is 52.4. The van der Waals surface area contributed by atoms with E-state index >= 15 is 0 Å². The maximum absolute atomic E-state index is 3.91. The zero-order chi connectivity index (χ0) is 9.83. The minimum absolute atomic E-state index is 0.930. The average Bonchev–Trinajstić information content (AvgIpc) is 2.67. The van der Waals surface area contributed by atoms with Crippen LogP contribution in [0.15, 0.2) is 0 Å². The highest BCUT2D eigenvalue weighted by Crippen LogP contribution is 2.65. The van der Waals surface area contributed by atoms with Gasteiger partial charge in [0.1, 0.15) is 0 Å². The Balaban J connectivity index is 1.32. The maximum atomic E-state index is 3.91. The molecule has 1 heteroatoms. The van der Waals surface area contributed by atoms with Crippen LogP contribution < -0.4 is 5.32 Å². The lowest BCUT2D eigenvalue weighted by molar-refractivity contribution is 0.317. The van der Waals surface area contributed by atoms with Crippen molar-refractivity contribution in [1.82, 2.24) is 5.32 Å². The van der Waals surface area contributed by atoms with Crippen LogP contribution in [-0.4, -0.2) is 12.6 Å². The lowest BCUT2D eigenvalue weighted by atomic mass is 9.94. The molecule has 0 aromatic carbocycles. The molecule has 0 aromatic heterocycles. The summed E-state index contributed by atoms with van der Waals surface area (Å²) in [6.45, 7) is 1.34. The molecule has 5 unspecified atom stereocenters. The molecule has 1 nitrogen and oxygen atoms in total. The molecule has 84 valence electrons. The van der Waals surface area contributed by atoms with E-state index in [1.54, 1.807) is 12.8 Å². The second kappa shape index (κ2) is 3.23. The van der Waals surface area contributed by atoms with Crippen molar-refractivity contribution in [2.45, 2.75) is 51.0 Å². The monoisotopic (exact) mass is 205 g/mol. The summed E-state index contributed by atoms with van der Waals surface area (Å²) in [7, 11) is 0. The maximum Gasteiger partial charge on any atom is 0.0101 e. The summed E-state index contributed by atoms with van der Waals surface area (Å²) in [5.74, 6) is 5.63. The molecule has 0 aliphatic heterocycles. The van der Waals surface area contributed by atoms with E-state index in [1.165, 1.54) is 50.5 Å². The fourth-order valence-electron chi connectivity index (χ4n) is 4.97. The van der Waals surface area contributed by atoms with E-state index in [1.807, 2.05) is 0 Å². The molecule has 0 heterocycles. The van der Waals surface area contributed by atoms with E-state index in [0.717, 1.165) is 23.8 Å². The summed E-state index contributed by atoms with van der Waals surface area (Å²) >= 11 is 0. The molecule has 1 N–H and O–H groups in total. The third kappa shape index (κ3) is 1.39. The van der Waals surface area contributed by atoms with Crippen LogP contribution in [0.3, 0.4) is 0 Å². The van der Waals surface area contributed by atoms with Gasteiger partial charge in [-0.1, -0.05) is 12.8 Å². The molecule has 0 saturated heterocycles. The van der Waals surface area contributed by atoms with Gasteiger partial charge in [-0.15, -0.1) is 0 Å². The lowest BCUT2D eigenvalue weighted by Crippen LogP contribution is -2.37. The Morgan fingerprint density at radius 2 is 1.73 bits per heavy atom. The van der Waals surface area contributed by atoms with Crippen LogP contribution in [0.25, 0.3) is 0 Å². The summed E-state index contributed by atoms with van der Waals surface area (Å²) in [6, 6.07) is 0.930. The van der Waals surface area contributed by atoms with Crippen LogP contribution in [0.2, 0.25) is 0 Å². The molecule has 0 radical (unpaired) electrons. The molecule has 15 heavy (non-hydrogen) atoms. The predicted molar refractivity (Wildman–Crippen MR) is 61.6 cm³/mol. The Labute approximate surface area is 93.0 Å². The van der Waals surface area contributed by atoms with Crippen molar-refractivity contribution in [3.8, 4) is 0 Å². The van der Waals surface area contributed by atoms with Crippen LogP contribution in [0.4, 0.5) is 0 Å². The van der Waals surface area contributed by atoms with Gasteiger partial charge in [0.05, 0.1) is 0 Å². The lowest BCUT2D eigenvalue weighted by Gasteiger charge is -2.24. The van der Waals surface area contributed by atoms with E-state index in [4.69, 9.17) is 0 Å². The van der Waals surface area contributed by atoms with Crippen molar-refractivity contribution in [1.29, 1.82) is 0 Å². The quantitative estimate of drug-likeness (QED) is 0.747. The zero-order valence-electron chi connectivity index (χ0n) is 9.62. The first-order chi connectivity index (χ1) is 7.42. The van der Waals surface area contributed by atoms with Gasteiger partial charge in [0.2, 0.25) is 0 Å². The molecular formula is C14H23N. The molecule has 2 bridgehead atoms. The summed E-state index contributed by atoms with van der Waals surface area (Å²) in [4.78, 5) is 0. The van der Waals surface area contributed by atoms with E-state index in [2.05, 4.69) is 5.32 Å². The molecule has 5 atom stereocenters. The van der Waals surface area contributed by atoms with Gasteiger partial charge in [0.15, 0.2) is 0 Å². The molecule has 4 fully saturated rings. The first kappa shape index (κ1) is 9.04. The zero-order valence-corrected chi connectivity index (χ0v) is 9.62. The highest BCUT2D eigenvalue weighted by molar-refractivity contribution is 5.11. The van der Waals surface area contributed by atoms with Gasteiger partial charge in [-0.2, -0.15) is 0 Å². The summed E-state index contributed by atoms with van der Waals surface area (Å²) < 4.78 is 0. The van der Waals surface area contributed by atoms with Crippen LogP contribution in [0.5, 0.6) is 0 Å². The average molecular weight is 205 g/mol. The van der Waals surface area contributed by atoms with Gasteiger partial charge in [0, 0.05) is 6.04 Å². The minimum Gasteiger partial charge on any atom is -0.313 e. The smallest absolute Gasteiger partial charge is 0.0101 e. The number of hydrogen-bond acceptors (Lipinski definition) is 1. The van der Waals surface area contributed by atoms with Gasteiger partial charge < -0.3 is 5.32 Å². The van der Waals surface area contributed by atoms with Crippen molar-refractivity contribution in [2.24, 2.45) is 29.6 Å². The van der Waals surface area contributed by atoms with Crippen molar-refractivity contribution in [3.05, 3.63) is 0 Å². The van der Waals surface area contributed by atoms with Crippen molar-refractivity contribution in [2.75, 3.05) is 6.54 Å². The predicted octanol–water partition coefficient (Wildman–Crippen LogP) is 2.81. The standard InChI is InChI=1S/C14H23N/c1-2-4-9(3-1)8-15-14-6-10-5-13(14)12-7-11(10)12/h9-15H,1-8H2. The number of hydrogen-bond donors (Lipinski definition) is 1. The van der Waals surface area contributed by atoms with E-state index in [-0.39, 0.29) is 0 Å². The second-order valence-electron chi connectivity index (χ2n) is 6.62. The van der Waals surface area contributed by atoms with Crippen LogP contribution >= 0.6 is 0 Å². The third-order valence-electron chi connectivity index (χ3n) is 5.84. The van der Waals surface area contributed by atoms with Crippen LogP contribution in [-0.2, 0) is 0 Å². The minimum atomic E-state index is 0.930. The molecule has 4 aliphatic rings. The highest BCUT2D eigenvalue weighted by Gasteiger charge is 2.60. The van der Waals surface area contributed by atoms with Gasteiger partial charge in [-0.05, 0) is 68.2 Å². The molecule has 0 spiro atoms. The Hall–Kier alpha value is -0.0400. The molecular weight excluding hydrogens is 182 g/mol. The first-order valence-corrected chi connectivity index (χ1v) is 7.15. The Morgan fingerprint density at radius 3 is 2.47 bits per heavy atom. The summed E-state index contributed by atoms with van der Waals surface area (Å²) in [6.07, 6.45) is 10.7. The second-order valence-corrected chi connectivity index (χ2v) is 6.62. The SMILES string of the molecule is C1CCC(CNC2CC3CC2C2CC32)C1. The molecule has 0 amide bonds. The molecule has 4 rings (SSSR count). The highest BCUT2D eigenvalue weighted by atomic mass is 15.0. The number of fused-ring (bicyclic) bond motifs is 5. The Kier molecular flexibility index (Phi) is 1.94. The Morgan fingerprint density at radius 1 is 0.867 bits per heavy atom. The Bertz CT molecular complexity index is 256. The molecule has 0 aromatic rings. The summed E-state index contributed by atoms with van der Waals surface area (Å²) in [5.41, 5.74) is 0. The summed E-state index contributed by atoms with van der Waals surface area (Å²) in [5, 5.41) is 3.91. The van der Waals surface area contributed by atoms with Gasteiger partial charge in [0.25, 0.3) is 0 Å². The van der Waals surface area contributed by atoms with Gasteiger partial charge in [-0.25, -0.2) is 0 Å². The van der Waals surface area contributed by atoms with E-state index in [9.17, 15) is 0 Å². The topological polar surface area (TPSA) is 12.0 Å². The van der Waals surface area contributed by atoms with Crippen LogP contribution in [0.1, 0.15) is 44.9 Å². The van der Waals surface area contributed by atoms with Crippen molar-refractivity contribution < 1.29 is 0 Å². The van der Waals surface area contributed by atoms with Gasteiger partial charge >= 0.3 is 0 Å². The first-order valence-electron chi connectivity index (χ1n) is 7.15.